The third-order valence-corrected chi connectivity index (χ3v) is 7.57. The van der Waals surface area contributed by atoms with Crippen LogP contribution in [0.4, 0.5) is 6.01 Å². The van der Waals surface area contributed by atoms with E-state index < -0.39 is 15.9 Å². The normalized spacial score (nSPS) is 18.3. The van der Waals surface area contributed by atoms with E-state index in [9.17, 15) is 13.2 Å². The molecule has 0 aliphatic carbocycles. The fourth-order valence-corrected chi connectivity index (χ4v) is 5.39. The third-order valence-electron chi connectivity index (χ3n) is 5.69. The summed E-state index contributed by atoms with van der Waals surface area (Å²) in [6.07, 6.45) is 1.14. The molecule has 172 valence electrons. The average Bonchev–Trinajstić information content (AvgIpc) is 3.48. The van der Waals surface area contributed by atoms with E-state index in [2.05, 4.69) is 15.5 Å². The van der Waals surface area contributed by atoms with E-state index in [1.54, 1.807) is 42.5 Å². The zero-order valence-electron chi connectivity index (χ0n) is 17.9. The van der Waals surface area contributed by atoms with Crippen LogP contribution in [-0.4, -0.2) is 48.7 Å². The Morgan fingerprint density at radius 2 is 1.88 bits per heavy atom. The van der Waals surface area contributed by atoms with Crippen LogP contribution in [0.15, 0.2) is 51.8 Å². The Morgan fingerprint density at radius 3 is 2.70 bits per heavy atom. The van der Waals surface area contributed by atoms with Crippen molar-refractivity contribution in [3.05, 3.63) is 48.0 Å². The van der Waals surface area contributed by atoms with Crippen LogP contribution in [0.5, 0.6) is 11.5 Å². The van der Waals surface area contributed by atoms with Crippen LogP contribution >= 0.6 is 0 Å². The molecule has 1 fully saturated rings. The smallest absolute Gasteiger partial charge is 0.322 e. The highest BCUT2D eigenvalue weighted by atomic mass is 32.2. The van der Waals surface area contributed by atoms with Gasteiger partial charge in [0.05, 0.1) is 10.8 Å². The van der Waals surface area contributed by atoms with Gasteiger partial charge in [-0.2, -0.15) is 4.31 Å². The number of carbonyl (C=O) groups excluding carboxylic acids is 1. The highest BCUT2D eigenvalue weighted by molar-refractivity contribution is 7.89. The molecule has 1 N–H and O–H groups in total. The van der Waals surface area contributed by atoms with Crippen molar-refractivity contribution in [1.29, 1.82) is 0 Å². The van der Waals surface area contributed by atoms with Gasteiger partial charge in [-0.1, -0.05) is 22.8 Å². The molecule has 1 saturated heterocycles. The number of hydrogen-bond donors (Lipinski definition) is 1. The third kappa shape index (κ3) is 4.29. The molecule has 0 spiro atoms. The van der Waals surface area contributed by atoms with E-state index >= 15 is 0 Å². The maximum atomic E-state index is 13.0. The lowest BCUT2D eigenvalue weighted by molar-refractivity contribution is -0.121. The second-order valence-corrected chi connectivity index (χ2v) is 9.92. The van der Waals surface area contributed by atoms with E-state index in [0.29, 0.717) is 36.4 Å². The van der Waals surface area contributed by atoms with Crippen molar-refractivity contribution in [3.8, 4) is 23.0 Å². The maximum absolute atomic E-state index is 13.0. The maximum Gasteiger partial charge on any atom is 0.322 e. The number of fused-ring (bicyclic) bond motifs is 1. The van der Waals surface area contributed by atoms with E-state index in [4.69, 9.17) is 13.9 Å². The van der Waals surface area contributed by atoms with Crippen molar-refractivity contribution < 1.29 is 27.1 Å². The molecule has 0 radical (unpaired) electrons. The number of nitrogens with zero attached hydrogens (tertiary/aromatic N) is 3. The van der Waals surface area contributed by atoms with Crippen LogP contribution < -0.4 is 14.8 Å². The predicted octanol–water partition coefficient (Wildman–Crippen LogP) is 2.81. The lowest BCUT2D eigenvalue weighted by Gasteiger charge is -2.30. The zero-order valence-corrected chi connectivity index (χ0v) is 18.7. The molecule has 2 aliphatic rings. The van der Waals surface area contributed by atoms with E-state index in [1.165, 1.54) is 4.31 Å². The Morgan fingerprint density at radius 1 is 1.09 bits per heavy atom. The lowest BCUT2D eigenvalue weighted by atomic mass is 9.99. The summed E-state index contributed by atoms with van der Waals surface area (Å²) >= 11 is 0. The summed E-state index contributed by atoms with van der Waals surface area (Å²) in [5.41, 5.74) is 1.60. The molecule has 10 nitrogen and oxygen atoms in total. The molecule has 3 heterocycles. The Labute approximate surface area is 190 Å². The standard InChI is InChI=1S/C22H22N4O6S/c1-14-4-7-17(8-5-14)33(28,29)26-10-2-3-16(12-26)20(27)23-22-25-24-21(32-22)15-6-9-18-19(11-15)31-13-30-18/h4-9,11,16H,2-3,10,12-13H2,1H3,(H,23,25,27). The van der Waals surface area contributed by atoms with Crippen LogP contribution in [0.1, 0.15) is 18.4 Å². The van der Waals surface area contributed by atoms with Crippen LogP contribution in [0.25, 0.3) is 11.5 Å². The van der Waals surface area contributed by atoms with Crippen LogP contribution in [0.2, 0.25) is 0 Å². The second kappa shape index (κ2) is 8.49. The Kier molecular flexibility index (Phi) is 5.51. The number of nitrogens with one attached hydrogen (secondary N) is 1. The largest absolute Gasteiger partial charge is 0.454 e. The topological polar surface area (TPSA) is 124 Å². The average molecular weight is 471 g/mol. The quantitative estimate of drug-likeness (QED) is 0.604. The van der Waals surface area contributed by atoms with Crippen molar-refractivity contribution in [3.63, 3.8) is 0 Å². The number of anilines is 1. The molecule has 1 amide bonds. The number of hydrogen-bond acceptors (Lipinski definition) is 8. The Balaban J connectivity index is 1.26. The summed E-state index contributed by atoms with van der Waals surface area (Å²) in [6, 6.07) is 11.9. The van der Waals surface area contributed by atoms with E-state index in [0.717, 1.165) is 5.56 Å². The number of benzene rings is 2. The molecular formula is C22H22N4O6S. The van der Waals surface area contributed by atoms with Crippen LogP contribution in [0, 0.1) is 12.8 Å². The Bertz CT molecular complexity index is 1290. The monoisotopic (exact) mass is 470 g/mol. The minimum Gasteiger partial charge on any atom is -0.454 e. The van der Waals surface area contributed by atoms with Crippen LogP contribution in [-0.2, 0) is 14.8 Å². The highest BCUT2D eigenvalue weighted by Gasteiger charge is 2.34. The molecule has 1 unspecified atom stereocenters. The first-order chi connectivity index (χ1) is 15.9. The SMILES string of the molecule is Cc1ccc(S(=O)(=O)N2CCCC(C(=O)Nc3nnc(-c4ccc5c(c4)OCO5)o3)C2)cc1. The molecule has 1 atom stereocenters. The number of sulfonamides is 1. The molecule has 2 aliphatic heterocycles. The minimum absolute atomic E-state index is 0.0498. The van der Waals surface area contributed by atoms with Gasteiger partial charge in [-0.3, -0.25) is 10.1 Å². The van der Waals surface area contributed by atoms with E-state index in [1.807, 2.05) is 6.92 Å². The number of aromatic nitrogens is 2. The van der Waals surface area contributed by atoms with Gasteiger partial charge < -0.3 is 13.9 Å². The fraction of sp³-hybridized carbons (Fsp3) is 0.318. The number of amides is 1. The van der Waals surface area contributed by atoms with E-state index in [-0.39, 0.29) is 36.0 Å². The van der Waals surface area contributed by atoms with Gasteiger partial charge in [0.2, 0.25) is 28.6 Å². The van der Waals surface area contributed by atoms with Gasteiger partial charge in [-0.05, 0) is 50.1 Å². The molecule has 1 aromatic heterocycles. The number of carbonyl (C=O) groups is 1. The van der Waals surface area contributed by atoms with Crippen molar-refractivity contribution in [2.45, 2.75) is 24.7 Å². The number of aryl methyl sites for hydroxylation is 1. The molecule has 3 aromatic rings. The molecule has 33 heavy (non-hydrogen) atoms. The summed E-state index contributed by atoms with van der Waals surface area (Å²) in [7, 11) is -3.68. The summed E-state index contributed by atoms with van der Waals surface area (Å²) in [6.45, 7) is 2.51. The summed E-state index contributed by atoms with van der Waals surface area (Å²) in [5.74, 6) is 0.540. The number of rotatable bonds is 5. The van der Waals surface area contributed by atoms with Gasteiger partial charge in [-0.25, -0.2) is 8.42 Å². The second-order valence-electron chi connectivity index (χ2n) is 7.98. The van der Waals surface area contributed by atoms with Crippen molar-refractivity contribution in [1.82, 2.24) is 14.5 Å². The van der Waals surface area contributed by atoms with Gasteiger partial charge in [0, 0.05) is 18.7 Å². The molecule has 0 bridgehead atoms. The molecule has 0 saturated carbocycles. The first-order valence-corrected chi connectivity index (χ1v) is 12.0. The summed E-state index contributed by atoms with van der Waals surface area (Å²) in [4.78, 5) is 13.0. The van der Waals surface area contributed by atoms with Crippen LogP contribution in [0.3, 0.4) is 0 Å². The first-order valence-electron chi connectivity index (χ1n) is 10.5. The van der Waals surface area contributed by atoms with Gasteiger partial charge >= 0.3 is 6.01 Å². The van der Waals surface area contributed by atoms with Crippen molar-refractivity contribution >= 4 is 21.9 Å². The molecular weight excluding hydrogens is 448 g/mol. The van der Waals surface area contributed by atoms with Gasteiger partial charge in [-0.15, -0.1) is 5.10 Å². The Hall–Kier alpha value is -3.44. The van der Waals surface area contributed by atoms with Gasteiger partial charge in [0.25, 0.3) is 0 Å². The molecule has 5 rings (SSSR count). The predicted molar refractivity (Wildman–Crippen MR) is 117 cm³/mol. The van der Waals surface area contributed by atoms with Gasteiger partial charge in [0.15, 0.2) is 11.5 Å². The summed E-state index contributed by atoms with van der Waals surface area (Å²) in [5, 5.41) is 10.5. The van der Waals surface area contributed by atoms with Crippen molar-refractivity contribution in [2.75, 3.05) is 25.2 Å². The number of ether oxygens (including phenoxy) is 2. The molecule has 2 aromatic carbocycles. The number of piperidine rings is 1. The van der Waals surface area contributed by atoms with Gasteiger partial charge in [0.1, 0.15) is 0 Å². The minimum atomic E-state index is -3.68. The highest BCUT2D eigenvalue weighted by Crippen LogP contribution is 2.35. The fourth-order valence-electron chi connectivity index (χ4n) is 3.86. The van der Waals surface area contributed by atoms with Crippen molar-refractivity contribution in [2.24, 2.45) is 5.92 Å². The lowest BCUT2D eigenvalue weighted by Crippen LogP contribution is -2.43. The first kappa shape index (κ1) is 21.4. The summed E-state index contributed by atoms with van der Waals surface area (Å²) < 4.78 is 43.6. The molecule has 11 heteroatoms. The zero-order chi connectivity index (χ0) is 23.0.